The molecule has 0 spiro atoms. The summed E-state index contributed by atoms with van der Waals surface area (Å²) in [7, 11) is 0. The van der Waals surface area contributed by atoms with Gasteiger partial charge in [-0.1, -0.05) is 30.3 Å². The zero-order valence-electron chi connectivity index (χ0n) is 7.49. The number of hydrogen-bond donors (Lipinski definition) is 0. The molecule has 13 heavy (non-hydrogen) atoms. The number of carbonyl (C=O) groups excluding carboxylic acids is 2. The second-order valence-corrected chi connectivity index (χ2v) is 2.84. The molecule has 1 aromatic rings. The predicted octanol–water partition coefficient (Wildman–Crippen LogP) is 2.05. The van der Waals surface area contributed by atoms with Crippen LogP contribution in [0.1, 0.15) is 23.7 Å². The lowest BCUT2D eigenvalue weighted by atomic mass is 10.1. The van der Waals surface area contributed by atoms with Gasteiger partial charge < -0.3 is 4.79 Å². The Labute approximate surface area is 77.6 Å². The first-order valence-corrected chi connectivity index (χ1v) is 4.12. The molecule has 0 aliphatic rings. The van der Waals surface area contributed by atoms with Gasteiger partial charge in [0.05, 0.1) is 0 Å². The topological polar surface area (TPSA) is 34.1 Å². The average Bonchev–Trinajstić information content (AvgIpc) is 2.15. The van der Waals surface area contributed by atoms with Gasteiger partial charge in [-0.2, -0.15) is 0 Å². The number of rotatable bonds is 4. The Morgan fingerprint density at radius 2 is 1.85 bits per heavy atom. The maximum absolute atomic E-state index is 11.3. The van der Waals surface area contributed by atoms with Gasteiger partial charge in [-0.3, -0.25) is 4.79 Å². The number of Topliss-reactive ketones (excluding diaryl/α,β-unsaturated/α-hetero) is 2. The molecule has 0 saturated carbocycles. The third-order valence-electron chi connectivity index (χ3n) is 1.63. The molecule has 2 heteroatoms. The summed E-state index contributed by atoms with van der Waals surface area (Å²) in [5, 5.41) is 0. The number of benzene rings is 1. The van der Waals surface area contributed by atoms with Crippen molar-refractivity contribution >= 4 is 11.6 Å². The Morgan fingerprint density at radius 3 is 2.38 bits per heavy atom. The van der Waals surface area contributed by atoms with E-state index in [0.29, 0.717) is 5.56 Å². The second-order valence-electron chi connectivity index (χ2n) is 2.84. The van der Waals surface area contributed by atoms with Gasteiger partial charge in [0.25, 0.3) is 0 Å². The minimum absolute atomic E-state index is 0.00396. The molecular formula is C11H11O2. The molecule has 0 unspecified atom stereocenters. The van der Waals surface area contributed by atoms with E-state index in [0.717, 1.165) is 0 Å². The summed E-state index contributed by atoms with van der Waals surface area (Å²) in [4.78, 5) is 21.9. The van der Waals surface area contributed by atoms with Crippen LogP contribution in [0.3, 0.4) is 0 Å². The van der Waals surface area contributed by atoms with Crippen LogP contribution in [-0.4, -0.2) is 11.6 Å². The van der Waals surface area contributed by atoms with Crippen molar-refractivity contribution in [2.24, 2.45) is 0 Å². The van der Waals surface area contributed by atoms with E-state index in [-0.39, 0.29) is 18.0 Å². The van der Waals surface area contributed by atoms with Crippen LogP contribution in [0, 0.1) is 6.42 Å². The van der Waals surface area contributed by atoms with Crippen LogP contribution in [0.5, 0.6) is 0 Å². The molecule has 1 rings (SSSR count). The first-order valence-electron chi connectivity index (χ1n) is 4.12. The van der Waals surface area contributed by atoms with Gasteiger partial charge in [0.15, 0.2) is 5.78 Å². The lowest BCUT2D eigenvalue weighted by Gasteiger charge is -1.97. The second kappa shape index (κ2) is 4.55. The van der Waals surface area contributed by atoms with Gasteiger partial charge in [0, 0.05) is 18.4 Å². The van der Waals surface area contributed by atoms with E-state index in [9.17, 15) is 9.59 Å². The molecule has 1 aromatic carbocycles. The molecule has 0 aromatic heterocycles. The summed E-state index contributed by atoms with van der Waals surface area (Å²) in [6.45, 7) is 1.47. The van der Waals surface area contributed by atoms with Gasteiger partial charge in [-0.25, -0.2) is 0 Å². The SMILES string of the molecule is CC(=O)C[CH]C(=O)c1ccccc1. The summed E-state index contributed by atoms with van der Waals surface area (Å²) in [5.41, 5.74) is 0.628. The average molecular weight is 175 g/mol. The van der Waals surface area contributed by atoms with Gasteiger partial charge in [0.2, 0.25) is 0 Å². The van der Waals surface area contributed by atoms with Gasteiger partial charge >= 0.3 is 0 Å². The fourth-order valence-corrected chi connectivity index (χ4v) is 0.957. The fraction of sp³-hybridized carbons (Fsp3) is 0.182. The third kappa shape index (κ3) is 3.20. The van der Waals surface area contributed by atoms with E-state index < -0.39 is 0 Å². The van der Waals surface area contributed by atoms with Crippen molar-refractivity contribution in [3.63, 3.8) is 0 Å². The maximum Gasteiger partial charge on any atom is 0.167 e. The van der Waals surface area contributed by atoms with Gasteiger partial charge in [-0.05, 0) is 6.92 Å². The number of ketones is 2. The fourth-order valence-electron chi connectivity index (χ4n) is 0.957. The molecule has 1 radical (unpaired) electrons. The first-order chi connectivity index (χ1) is 6.20. The summed E-state index contributed by atoms with van der Waals surface area (Å²) in [6, 6.07) is 8.92. The predicted molar refractivity (Wildman–Crippen MR) is 50.4 cm³/mol. The monoisotopic (exact) mass is 175 g/mol. The molecule has 0 heterocycles. The van der Waals surface area contributed by atoms with Crippen LogP contribution in [0.15, 0.2) is 30.3 Å². The summed E-state index contributed by atoms with van der Waals surface area (Å²) in [5.74, 6) is -0.0833. The van der Waals surface area contributed by atoms with E-state index in [1.165, 1.54) is 13.3 Å². The van der Waals surface area contributed by atoms with Gasteiger partial charge in [-0.15, -0.1) is 0 Å². The zero-order chi connectivity index (χ0) is 9.68. The Kier molecular flexibility index (Phi) is 3.38. The van der Waals surface area contributed by atoms with Crippen molar-refractivity contribution < 1.29 is 9.59 Å². The number of carbonyl (C=O) groups is 2. The molecule has 0 saturated heterocycles. The molecule has 0 amide bonds. The zero-order valence-corrected chi connectivity index (χ0v) is 7.49. The van der Waals surface area contributed by atoms with Crippen molar-refractivity contribution in [2.45, 2.75) is 13.3 Å². The molecule has 0 fully saturated rings. The molecule has 0 aliphatic carbocycles. The summed E-state index contributed by atoms with van der Waals surface area (Å²) < 4.78 is 0. The van der Waals surface area contributed by atoms with E-state index in [1.54, 1.807) is 24.3 Å². The lowest BCUT2D eigenvalue weighted by molar-refractivity contribution is -0.116. The van der Waals surface area contributed by atoms with Crippen molar-refractivity contribution in [1.82, 2.24) is 0 Å². The Morgan fingerprint density at radius 1 is 1.23 bits per heavy atom. The molecule has 0 N–H and O–H groups in total. The van der Waals surface area contributed by atoms with E-state index in [4.69, 9.17) is 0 Å². The highest BCUT2D eigenvalue weighted by atomic mass is 16.1. The van der Waals surface area contributed by atoms with Crippen LogP contribution >= 0.6 is 0 Å². The largest absolute Gasteiger partial charge is 0.300 e. The van der Waals surface area contributed by atoms with Crippen LogP contribution in [0.2, 0.25) is 0 Å². The highest BCUT2D eigenvalue weighted by Crippen LogP contribution is 2.03. The van der Waals surface area contributed by atoms with Crippen molar-refractivity contribution in [3.05, 3.63) is 42.3 Å². The third-order valence-corrected chi connectivity index (χ3v) is 1.63. The minimum atomic E-state index is -0.0872. The first kappa shape index (κ1) is 9.65. The molecule has 67 valence electrons. The van der Waals surface area contributed by atoms with E-state index in [1.807, 2.05) is 6.07 Å². The lowest BCUT2D eigenvalue weighted by Crippen LogP contribution is -2.02. The molecule has 2 nitrogen and oxygen atoms in total. The van der Waals surface area contributed by atoms with E-state index >= 15 is 0 Å². The molecular weight excluding hydrogens is 164 g/mol. The Hall–Kier alpha value is -1.44. The van der Waals surface area contributed by atoms with Crippen LogP contribution in [0.25, 0.3) is 0 Å². The quantitative estimate of drug-likeness (QED) is 0.656. The van der Waals surface area contributed by atoms with Crippen molar-refractivity contribution in [3.8, 4) is 0 Å². The van der Waals surface area contributed by atoms with Gasteiger partial charge in [0.1, 0.15) is 5.78 Å². The van der Waals surface area contributed by atoms with Crippen molar-refractivity contribution in [1.29, 1.82) is 0 Å². The molecule has 0 aliphatic heterocycles. The summed E-state index contributed by atoms with van der Waals surface area (Å²) in [6.07, 6.45) is 1.63. The van der Waals surface area contributed by atoms with E-state index in [2.05, 4.69) is 0 Å². The summed E-state index contributed by atoms with van der Waals surface area (Å²) >= 11 is 0. The Balaban J connectivity index is 2.54. The standard InChI is InChI=1S/C11H11O2/c1-9(12)7-8-11(13)10-5-3-2-4-6-10/h2-6,8H,7H2,1H3. The number of hydrogen-bond acceptors (Lipinski definition) is 2. The maximum atomic E-state index is 11.3. The van der Waals surface area contributed by atoms with Crippen molar-refractivity contribution in [2.75, 3.05) is 0 Å². The van der Waals surface area contributed by atoms with Crippen LogP contribution in [0.4, 0.5) is 0 Å². The highest BCUT2D eigenvalue weighted by Gasteiger charge is 2.05. The molecule has 0 atom stereocenters. The van der Waals surface area contributed by atoms with Crippen LogP contribution in [-0.2, 0) is 4.79 Å². The molecule has 0 bridgehead atoms. The van der Waals surface area contributed by atoms with Crippen LogP contribution < -0.4 is 0 Å². The Bertz CT molecular complexity index is 301. The minimum Gasteiger partial charge on any atom is -0.300 e. The normalized spacial score (nSPS) is 9.62. The highest BCUT2D eigenvalue weighted by molar-refractivity contribution is 6.04. The smallest absolute Gasteiger partial charge is 0.167 e.